The number of aromatic nitrogens is 2. The van der Waals surface area contributed by atoms with Crippen molar-refractivity contribution in [1.29, 1.82) is 0 Å². The van der Waals surface area contributed by atoms with E-state index in [-0.39, 0.29) is 6.54 Å². The van der Waals surface area contributed by atoms with E-state index in [9.17, 15) is 8.42 Å². The summed E-state index contributed by atoms with van der Waals surface area (Å²) in [6.07, 6.45) is 3.71. The summed E-state index contributed by atoms with van der Waals surface area (Å²) in [5, 5.41) is 0. The van der Waals surface area contributed by atoms with Crippen LogP contribution in [0.25, 0.3) is 0 Å². The average molecular weight is 247 g/mol. The molecule has 0 fully saturated rings. The van der Waals surface area contributed by atoms with Gasteiger partial charge in [0.15, 0.2) is 0 Å². The third-order valence-corrected chi connectivity index (χ3v) is 3.60. The normalized spacial score (nSPS) is 12.2. The lowest BCUT2D eigenvalue weighted by atomic mass is 10.4. The second kappa shape index (κ2) is 5.94. The van der Waals surface area contributed by atoms with Crippen LogP contribution in [0.1, 0.15) is 12.1 Å². The Hall–Kier alpha value is -0.960. The Kier molecular flexibility index (Phi) is 4.87. The Labute approximate surface area is 95.2 Å². The highest BCUT2D eigenvalue weighted by molar-refractivity contribution is 7.87. The minimum atomic E-state index is -3.43. The van der Waals surface area contributed by atoms with Crippen molar-refractivity contribution in [2.75, 3.05) is 20.1 Å². The number of nitrogens with zero attached hydrogens (tertiary/aromatic N) is 2. The zero-order chi connectivity index (χ0) is 12.0. The molecule has 0 saturated carbocycles. The van der Waals surface area contributed by atoms with Crippen molar-refractivity contribution in [3.05, 3.63) is 18.2 Å². The second-order valence-electron chi connectivity index (χ2n) is 3.37. The molecule has 1 rings (SSSR count). The second-order valence-corrected chi connectivity index (χ2v) is 5.23. The molecule has 92 valence electrons. The molecule has 16 heavy (non-hydrogen) atoms. The van der Waals surface area contributed by atoms with Crippen molar-refractivity contribution >= 4 is 10.2 Å². The fourth-order valence-electron chi connectivity index (χ4n) is 1.09. The molecule has 0 aliphatic carbocycles. The molecule has 7 nitrogen and oxygen atoms in total. The van der Waals surface area contributed by atoms with Gasteiger partial charge in [-0.15, -0.1) is 0 Å². The van der Waals surface area contributed by atoms with Crippen molar-refractivity contribution in [1.82, 2.24) is 19.0 Å². The van der Waals surface area contributed by atoms with E-state index < -0.39 is 10.2 Å². The zero-order valence-corrected chi connectivity index (χ0v) is 10.00. The molecule has 1 heterocycles. The fraction of sp³-hybridized carbons (Fsp3) is 0.625. The molecular formula is C8H17N5O2S. The van der Waals surface area contributed by atoms with Crippen LogP contribution in [-0.4, -0.2) is 42.8 Å². The van der Waals surface area contributed by atoms with E-state index in [1.54, 1.807) is 6.20 Å². The number of hydrogen-bond acceptors (Lipinski definition) is 4. The van der Waals surface area contributed by atoms with Crippen LogP contribution in [0.5, 0.6) is 0 Å². The van der Waals surface area contributed by atoms with Gasteiger partial charge < -0.3 is 10.7 Å². The number of imidazole rings is 1. The predicted molar refractivity (Wildman–Crippen MR) is 60.6 cm³/mol. The summed E-state index contributed by atoms with van der Waals surface area (Å²) in [5.41, 5.74) is 6.03. The molecule has 0 bridgehead atoms. The van der Waals surface area contributed by atoms with Gasteiger partial charge in [0.05, 0.1) is 12.9 Å². The third-order valence-electron chi connectivity index (χ3n) is 2.09. The van der Waals surface area contributed by atoms with Gasteiger partial charge in [-0.2, -0.15) is 17.4 Å². The summed E-state index contributed by atoms with van der Waals surface area (Å²) in [7, 11) is -1.91. The highest BCUT2D eigenvalue weighted by atomic mass is 32.2. The molecule has 0 aliphatic heterocycles. The summed E-state index contributed by atoms with van der Waals surface area (Å²) in [6, 6.07) is 0. The van der Waals surface area contributed by atoms with E-state index in [1.807, 2.05) is 0 Å². The topological polar surface area (TPSA) is 104 Å². The first-order valence-electron chi connectivity index (χ1n) is 4.94. The summed E-state index contributed by atoms with van der Waals surface area (Å²) >= 11 is 0. The number of H-pyrrole nitrogens is 1. The smallest absolute Gasteiger partial charge is 0.279 e. The summed E-state index contributed by atoms with van der Waals surface area (Å²) in [4.78, 5) is 6.61. The maximum absolute atomic E-state index is 11.7. The standard InChI is InChI=1S/C8H17N5O2S/c1-13(4-2-3-9)16(14,15)12-6-8-5-10-7-11-8/h5,7,12H,2-4,6,9H2,1H3,(H,10,11). The first-order chi connectivity index (χ1) is 7.56. The van der Waals surface area contributed by atoms with Crippen LogP contribution in [0.15, 0.2) is 12.5 Å². The third kappa shape index (κ3) is 3.89. The Balaban J connectivity index is 2.45. The molecule has 1 aromatic heterocycles. The molecule has 0 amide bonds. The van der Waals surface area contributed by atoms with Crippen LogP contribution in [0.2, 0.25) is 0 Å². The number of nitrogens with two attached hydrogens (primary N) is 1. The minimum Gasteiger partial charge on any atom is -0.347 e. The van der Waals surface area contributed by atoms with Gasteiger partial charge >= 0.3 is 0 Å². The first-order valence-corrected chi connectivity index (χ1v) is 6.38. The lowest BCUT2D eigenvalue weighted by molar-refractivity contribution is 0.452. The quantitative estimate of drug-likeness (QED) is 0.576. The van der Waals surface area contributed by atoms with Gasteiger partial charge in [-0.25, -0.2) is 4.98 Å². The van der Waals surface area contributed by atoms with Crippen molar-refractivity contribution in [3.8, 4) is 0 Å². The highest BCUT2D eigenvalue weighted by Gasteiger charge is 2.16. The molecule has 1 aromatic rings. The van der Waals surface area contributed by atoms with Crippen molar-refractivity contribution in [2.24, 2.45) is 5.73 Å². The number of hydrogen-bond donors (Lipinski definition) is 3. The largest absolute Gasteiger partial charge is 0.347 e. The molecule has 0 spiro atoms. The van der Waals surface area contributed by atoms with E-state index in [2.05, 4.69) is 14.7 Å². The molecule has 0 aliphatic rings. The summed E-state index contributed by atoms with van der Waals surface area (Å²) < 4.78 is 27.0. The summed E-state index contributed by atoms with van der Waals surface area (Å²) in [6.45, 7) is 1.09. The van der Waals surface area contributed by atoms with Gasteiger partial charge in [0, 0.05) is 25.5 Å². The monoisotopic (exact) mass is 247 g/mol. The fourth-order valence-corrected chi connectivity index (χ4v) is 2.02. The Morgan fingerprint density at radius 3 is 2.94 bits per heavy atom. The first kappa shape index (κ1) is 13.1. The molecule has 0 radical (unpaired) electrons. The van der Waals surface area contributed by atoms with Crippen LogP contribution in [-0.2, 0) is 16.8 Å². The number of aromatic amines is 1. The zero-order valence-electron chi connectivity index (χ0n) is 9.18. The molecular weight excluding hydrogens is 230 g/mol. The molecule has 0 unspecified atom stereocenters. The SMILES string of the molecule is CN(CCCN)S(=O)(=O)NCc1cnc[nH]1. The highest BCUT2D eigenvalue weighted by Crippen LogP contribution is 1.97. The van der Waals surface area contributed by atoms with E-state index in [1.165, 1.54) is 17.7 Å². The van der Waals surface area contributed by atoms with Crippen LogP contribution in [0.4, 0.5) is 0 Å². The van der Waals surface area contributed by atoms with E-state index in [0.717, 1.165) is 5.69 Å². The van der Waals surface area contributed by atoms with Gasteiger partial charge in [-0.3, -0.25) is 0 Å². The minimum absolute atomic E-state index is 0.204. The van der Waals surface area contributed by atoms with E-state index in [4.69, 9.17) is 5.73 Å². The molecule has 0 saturated heterocycles. The van der Waals surface area contributed by atoms with Crippen molar-refractivity contribution in [2.45, 2.75) is 13.0 Å². The Bertz CT molecular complexity index is 389. The van der Waals surface area contributed by atoms with Crippen LogP contribution in [0, 0.1) is 0 Å². The van der Waals surface area contributed by atoms with E-state index in [0.29, 0.717) is 19.5 Å². The van der Waals surface area contributed by atoms with Gasteiger partial charge in [-0.05, 0) is 13.0 Å². The van der Waals surface area contributed by atoms with Gasteiger partial charge in [-0.1, -0.05) is 0 Å². The molecule has 0 aromatic carbocycles. The molecule has 8 heteroatoms. The van der Waals surface area contributed by atoms with Gasteiger partial charge in [0.2, 0.25) is 0 Å². The summed E-state index contributed by atoms with van der Waals surface area (Å²) in [5.74, 6) is 0. The lowest BCUT2D eigenvalue weighted by Gasteiger charge is -2.16. The van der Waals surface area contributed by atoms with Gasteiger partial charge in [0.25, 0.3) is 10.2 Å². The van der Waals surface area contributed by atoms with E-state index >= 15 is 0 Å². The number of nitrogens with one attached hydrogen (secondary N) is 2. The Morgan fingerprint density at radius 2 is 2.38 bits per heavy atom. The van der Waals surface area contributed by atoms with Gasteiger partial charge in [0.1, 0.15) is 0 Å². The van der Waals surface area contributed by atoms with Crippen molar-refractivity contribution < 1.29 is 8.42 Å². The van der Waals surface area contributed by atoms with Crippen LogP contribution >= 0.6 is 0 Å². The maximum Gasteiger partial charge on any atom is 0.279 e. The van der Waals surface area contributed by atoms with Crippen LogP contribution < -0.4 is 10.5 Å². The molecule has 0 atom stereocenters. The predicted octanol–water partition coefficient (Wildman–Crippen LogP) is -0.975. The average Bonchev–Trinajstić information content (AvgIpc) is 2.76. The van der Waals surface area contributed by atoms with Crippen molar-refractivity contribution in [3.63, 3.8) is 0 Å². The van der Waals surface area contributed by atoms with Crippen LogP contribution in [0.3, 0.4) is 0 Å². The molecule has 4 N–H and O–H groups in total. The maximum atomic E-state index is 11.7. The number of rotatable bonds is 7. The lowest BCUT2D eigenvalue weighted by Crippen LogP contribution is -2.38. The Morgan fingerprint density at radius 1 is 1.62 bits per heavy atom.